The lowest BCUT2D eigenvalue weighted by Gasteiger charge is -2.19. The van der Waals surface area contributed by atoms with E-state index in [1.165, 1.54) is 24.1 Å². The van der Waals surface area contributed by atoms with Crippen LogP contribution in [-0.2, 0) is 9.59 Å². The summed E-state index contributed by atoms with van der Waals surface area (Å²) in [4.78, 5) is 37.0. The number of carbonyl (C=O) groups excluding carboxylic acids is 2. The second kappa shape index (κ2) is 7.45. The predicted molar refractivity (Wildman–Crippen MR) is 99.9 cm³/mol. The van der Waals surface area contributed by atoms with Gasteiger partial charge in [-0.3, -0.25) is 19.7 Å². The van der Waals surface area contributed by atoms with E-state index in [1.807, 2.05) is 0 Å². The lowest BCUT2D eigenvalue weighted by atomic mass is 10.1. The van der Waals surface area contributed by atoms with Gasteiger partial charge >= 0.3 is 0 Å². The van der Waals surface area contributed by atoms with Crippen molar-refractivity contribution in [2.75, 3.05) is 23.9 Å². The molecule has 27 heavy (non-hydrogen) atoms. The van der Waals surface area contributed by atoms with Crippen molar-refractivity contribution in [1.29, 1.82) is 0 Å². The number of amides is 2. The molecule has 1 aliphatic heterocycles. The van der Waals surface area contributed by atoms with Gasteiger partial charge < -0.3 is 15.0 Å². The lowest BCUT2D eigenvalue weighted by Crippen LogP contribution is -2.28. The number of anilines is 2. The monoisotopic (exact) mass is 369 g/mol. The summed E-state index contributed by atoms with van der Waals surface area (Å²) in [6, 6.07) is 11.4. The first-order valence-electron chi connectivity index (χ1n) is 8.40. The van der Waals surface area contributed by atoms with Gasteiger partial charge in [0.2, 0.25) is 11.8 Å². The number of nitro groups is 1. The molecule has 1 unspecified atom stereocenters. The molecule has 0 spiro atoms. The summed E-state index contributed by atoms with van der Waals surface area (Å²) in [6.07, 6.45) is 0.0673. The van der Waals surface area contributed by atoms with Crippen LogP contribution in [0.2, 0.25) is 0 Å². The topological polar surface area (TPSA) is 102 Å². The number of benzene rings is 2. The fourth-order valence-corrected chi connectivity index (χ4v) is 3.06. The van der Waals surface area contributed by atoms with Gasteiger partial charge in [-0.15, -0.1) is 0 Å². The Morgan fingerprint density at radius 1 is 1.30 bits per heavy atom. The number of aryl methyl sites for hydroxylation is 1. The first-order chi connectivity index (χ1) is 12.9. The van der Waals surface area contributed by atoms with E-state index in [-0.39, 0.29) is 30.5 Å². The summed E-state index contributed by atoms with van der Waals surface area (Å²) in [5.74, 6) is -0.512. The Morgan fingerprint density at radius 2 is 2.04 bits per heavy atom. The van der Waals surface area contributed by atoms with Gasteiger partial charge in [0, 0.05) is 25.1 Å². The van der Waals surface area contributed by atoms with E-state index >= 15 is 0 Å². The van der Waals surface area contributed by atoms with Crippen LogP contribution in [0.5, 0.6) is 5.75 Å². The van der Waals surface area contributed by atoms with Gasteiger partial charge in [0.25, 0.3) is 5.69 Å². The fraction of sp³-hybridized carbons (Fsp3) is 0.263. The number of para-hydroxylation sites is 2. The Bertz CT molecular complexity index is 912. The van der Waals surface area contributed by atoms with Crippen molar-refractivity contribution < 1.29 is 19.2 Å². The number of carbonyl (C=O) groups is 2. The Balaban J connectivity index is 1.77. The summed E-state index contributed by atoms with van der Waals surface area (Å²) >= 11 is 0. The number of nitro benzene ring substituents is 1. The van der Waals surface area contributed by atoms with Crippen molar-refractivity contribution in [3.05, 3.63) is 58.1 Å². The van der Waals surface area contributed by atoms with Crippen LogP contribution in [0.25, 0.3) is 0 Å². The number of nitrogens with zero attached hydrogens (tertiary/aromatic N) is 2. The molecule has 2 aromatic rings. The molecule has 140 valence electrons. The highest BCUT2D eigenvalue weighted by atomic mass is 16.6. The van der Waals surface area contributed by atoms with E-state index in [9.17, 15) is 19.7 Å². The van der Waals surface area contributed by atoms with Crippen LogP contribution < -0.4 is 15.0 Å². The molecule has 1 saturated heterocycles. The molecular weight excluding hydrogens is 350 g/mol. The number of hydrogen-bond donors (Lipinski definition) is 1. The molecule has 1 N–H and O–H groups in total. The van der Waals surface area contributed by atoms with E-state index in [2.05, 4.69) is 5.32 Å². The van der Waals surface area contributed by atoms with Crippen molar-refractivity contribution in [2.24, 2.45) is 5.92 Å². The van der Waals surface area contributed by atoms with Gasteiger partial charge in [-0.2, -0.15) is 0 Å². The molecule has 8 nitrogen and oxygen atoms in total. The minimum Gasteiger partial charge on any atom is -0.495 e. The zero-order valence-electron chi connectivity index (χ0n) is 15.0. The van der Waals surface area contributed by atoms with Crippen LogP contribution in [0.4, 0.5) is 17.1 Å². The largest absolute Gasteiger partial charge is 0.495 e. The molecule has 0 bridgehead atoms. The number of hydrogen-bond acceptors (Lipinski definition) is 5. The van der Waals surface area contributed by atoms with Crippen molar-refractivity contribution in [3.63, 3.8) is 0 Å². The highest BCUT2D eigenvalue weighted by Gasteiger charge is 2.36. The van der Waals surface area contributed by atoms with Gasteiger partial charge in [0.05, 0.1) is 29.3 Å². The van der Waals surface area contributed by atoms with E-state index in [0.29, 0.717) is 22.7 Å². The molecule has 0 saturated carbocycles. The number of non-ortho nitro benzene ring substituents is 1. The zero-order chi connectivity index (χ0) is 19.6. The van der Waals surface area contributed by atoms with E-state index in [0.717, 1.165) is 0 Å². The molecule has 1 atom stereocenters. The van der Waals surface area contributed by atoms with Crippen molar-refractivity contribution >= 4 is 28.9 Å². The number of methoxy groups -OCH3 is 1. The molecule has 3 rings (SSSR count). The summed E-state index contributed by atoms with van der Waals surface area (Å²) in [5, 5.41) is 13.7. The van der Waals surface area contributed by atoms with Crippen LogP contribution in [-0.4, -0.2) is 30.4 Å². The van der Waals surface area contributed by atoms with Crippen LogP contribution >= 0.6 is 0 Å². The second-order valence-corrected chi connectivity index (χ2v) is 6.32. The molecule has 8 heteroatoms. The smallest absolute Gasteiger partial charge is 0.271 e. The Hall–Kier alpha value is -3.42. The molecule has 1 heterocycles. The van der Waals surface area contributed by atoms with Crippen LogP contribution in [0.3, 0.4) is 0 Å². The maximum Gasteiger partial charge on any atom is 0.271 e. The standard InChI is InChI=1S/C19H19N3O5/c1-12-7-8-14(22(25)26)10-15(12)20-19(24)13-9-18(23)21(11-13)16-5-3-4-6-17(16)27-2/h3-8,10,13H,9,11H2,1-2H3,(H,20,24). The van der Waals surface area contributed by atoms with Crippen molar-refractivity contribution in [3.8, 4) is 5.75 Å². The second-order valence-electron chi connectivity index (χ2n) is 6.32. The molecule has 1 aliphatic rings. The first-order valence-corrected chi connectivity index (χ1v) is 8.40. The maximum absolute atomic E-state index is 12.6. The lowest BCUT2D eigenvalue weighted by molar-refractivity contribution is -0.384. The van der Waals surface area contributed by atoms with Gasteiger partial charge in [-0.1, -0.05) is 18.2 Å². The van der Waals surface area contributed by atoms with Crippen LogP contribution in [0.15, 0.2) is 42.5 Å². The molecule has 0 aliphatic carbocycles. The third-order valence-electron chi connectivity index (χ3n) is 4.56. The summed E-state index contributed by atoms with van der Waals surface area (Å²) < 4.78 is 5.29. The van der Waals surface area contributed by atoms with E-state index in [4.69, 9.17) is 4.74 Å². The first kappa shape index (κ1) is 18.4. The van der Waals surface area contributed by atoms with Crippen molar-refractivity contribution in [2.45, 2.75) is 13.3 Å². The third-order valence-corrected chi connectivity index (χ3v) is 4.56. The summed E-state index contributed by atoms with van der Waals surface area (Å²) in [6.45, 7) is 1.97. The van der Waals surface area contributed by atoms with Crippen molar-refractivity contribution in [1.82, 2.24) is 0 Å². The number of nitrogens with one attached hydrogen (secondary N) is 1. The predicted octanol–water partition coefficient (Wildman–Crippen LogP) is 2.90. The highest BCUT2D eigenvalue weighted by Crippen LogP contribution is 2.33. The minimum atomic E-state index is -0.555. The van der Waals surface area contributed by atoms with E-state index in [1.54, 1.807) is 37.3 Å². The van der Waals surface area contributed by atoms with Gasteiger partial charge in [-0.25, -0.2) is 0 Å². The molecule has 2 aromatic carbocycles. The zero-order valence-corrected chi connectivity index (χ0v) is 15.0. The van der Waals surface area contributed by atoms with Gasteiger partial charge in [0.15, 0.2) is 0 Å². The SMILES string of the molecule is COc1ccccc1N1CC(C(=O)Nc2cc([N+](=O)[O-])ccc2C)CC1=O. The normalized spacial score (nSPS) is 16.3. The Kier molecular flexibility index (Phi) is 5.07. The van der Waals surface area contributed by atoms with Crippen LogP contribution in [0, 0.1) is 23.0 Å². The quantitative estimate of drug-likeness (QED) is 0.645. The number of rotatable bonds is 5. The average molecular weight is 369 g/mol. The fourth-order valence-electron chi connectivity index (χ4n) is 3.06. The maximum atomic E-state index is 12.6. The number of ether oxygens (including phenoxy) is 1. The summed E-state index contributed by atoms with van der Waals surface area (Å²) in [5.41, 5.74) is 1.60. The molecule has 0 aromatic heterocycles. The van der Waals surface area contributed by atoms with Gasteiger partial charge in [0.1, 0.15) is 5.75 Å². The third kappa shape index (κ3) is 3.74. The van der Waals surface area contributed by atoms with Gasteiger partial charge in [-0.05, 0) is 24.6 Å². The average Bonchev–Trinajstić information content (AvgIpc) is 3.05. The molecule has 1 fully saturated rings. The Morgan fingerprint density at radius 3 is 2.74 bits per heavy atom. The minimum absolute atomic E-state index is 0.0673. The highest BCUT2D eigenvalue weighted by molar-refractivity contribution is 6.04. The Labute approximate surface area is 155 Å². The molecule has 0 radical (unpaired) electrons. The molecule has 2 amide bonds. The van der Waals surface area contributed by atoms with Crippen LogP contribution in [0.1, 0.15) is 12.0 Å². The molecular formula is C19H19N3O5. The van der Waals surface area contributed by atoms with E-state index < -0.39 is 10.8 Å². The summed E-state index contributed by atoms with van der Waals surface area (Å²) in [7, 11) is 1.52.